The first-order valence-corrected chi connectivity index (χ1v) is 9.78. The molecular weight excluding hydrogens is 373 g/mol. The predicted molar refractivity (Wildman–Crippen MR) is 106 cm³/mol. The second-order valence-electron chi connectivity index (χ2n) is 7.84. The summed E-state index contributed by atoms with van der Waals surface area (Å²) in [5.41, 5.74) is 2.31. The maximum absolute atomic E-state index is 13.7. The quantitative estimate of drug-likeness (QED) is 0.717. The number of nitrogens with zero attached hydrogens (tertiary/aromatic N) is 1. The third-order valence-electron chi connectivity index (χ3n) is 5.71. The van der Waals surface area contributed by atoms with Crippen LogP contribution in [0.3, 0.4) is 0 Å². The van der Waals surface area contributed by atoms with Crippen molar-refractivity contribution >= 4 is 11.8 Å². The summed E-state index contributed by atoms with van der Waals surface area (Å²) in [4.78, 5) is 27.1. The summed E-state index contributed by atoms with van der Waals surface area (Å²) in [6.45, 7) is 2.66. The summed E-state index contributed by atoms with van der Waals surface area (Å²) in [6, 6.07) is 10.7. The van der Waals surface area contributed by atoms with E-state index in [9.17, 15) is 19.1 Å². The van der Waals surface area contributed by atoms with Crippen LogP contribution >= 0.6 is 0 Å². The van der Waals surface area contributed by atoms with Crippen molar-refractivity contribution in [3.8, 4) is 5.75 Å². The predicted octanol–water partition coefficient (Wildman–Crippen LogP) is 1.64. The normalized spacial score (nSPS) is 23.8. The first-order chi connectivity index (χ1) is 13.9. The first-order valence-electron chi connectivity index (χ1n) is 9.78. The van der Waals surface area contributed by atoms with Crippen LogP contribution in [-0.2, 0) is 22.6 Å². The summed E-state index contributed by atoms with van der Waals surface area (Å²) < 4.78 is 13.7. The number of aryl methyl sites for hydroxylation is 1. The number of aromatic hydroxyl groups is 1. The van der Waals surface area contributed by atoms with Crippen LogP contribution < -0.4 is 10.6 Å². The second-order valence-corrected chi connectivity index (χ2v) is 7.84. The molecule has 2 amide bonds. The van der Waals surface area contributed by atoms with Crippen molar-refractivity contribution in [2.75, 3.05) is 6.54 Å². The average Bonchev–Trinajstić information content (AvgIpc) is 3.14. The number of amides is 2. The number of fused-ring (bicyclic) bond motifs is 1. The Kier molecular flexibility index (Phi) is 5.24. The Morgan fingerprint density at radius 3 is 2.62 bits per heavy atom. The number of carbonyl (C=O) groups is 2. The van der Waals surface area contributed by atoms with Gasteiger partial charge in [-0.2, -0.15) is 0 Å². The Balaban J connectivity index is 1.38. The Labute approximate surface area is 168 Å². The minimum absolute atomic E-state index is 0.0218. The zero-order valence-electron chi connectivity index (χ0n) is 16.2. The molecule has 0 spiro atoms. The van der Waals surface area contributed by atoms with E-state index in [1.165, 1.54) is 6.07 Å². The molecule has 2 fully saturated rings. The zero-order valence-corrected chi connectivity index (χ0v) is 16.2. The molecule has 0 unspecified atom stereocenters. The average molecular weight is 397 g/mol. The van der Waals surface area contributed by atoms with Gasteiger partial charge in [0.25, 0.3) is 0 Å². The highest BCUT2D eigenvalue weighted by Gasteiger charge is 2.46. The third-order valence-corrected chi connectivity index (χ3v) is 5.71. The van der Waals surface area contributed by atoms with E-state index in [2.05, 4.69) is 10.6 Å². The van der Waals surface area contributed by atoms with Crippen molar-refractivity contribution in [3.05, 3.63) is 65.0 Å². The van der Waals surface area contributed by atoms with Crippen LogP contribution in [0.2, 0.25) is 0 Å². The molecule has 0 radical (unpaired) electrons. The summed E-state index contributed by atoms with van der Waals surface area (Å²) in [5.74, 6) is -0.304. The lowest BCUT2D eigenvalue weighted by Crippen LogP contribution is -2.61. The van der Waals surface area contributed by atoms with Crippen LogP contribution in [0.15, 0.2) is 42.5 Å². The van der Waals surface area contributed by atoms with Gasteiger partial charge < -0.3 is 20.6 Å². The highest BCUT2D eigenvalue weighted by molar-refractivity contribution is 5.97. The van der Waals surface area contributed by atoms with E-state index < -0.39 is 12.1 Å². The van der Waals surface area contributed by atoms with Gasteiger partial charge in [0, 0.05) is 25.6 Å². The van der Waals surface area contributed by atoms with Crippen molar-refractivity contribution < 1.29 is 19.1 Å². The minimum Gasteiger partial charge on any atom is -0.508 e. The molecule has 3 N–H and O–H groups in total. The minimum atomic E-state index is -0.603. The summed E-state index contributed by atoms with van der Waals surface area (Å²) >= 11 is 0. The van der Waals surface area contributed by atoms with Crippen molar-refractivity contribution in [1.82, 2.24) is 15.5 Å². The number of hydrogen-bond donors (Lipinski definition) is 3. The molecule has 2 heterocycles. The van der Waals surface area contributed by atoms with Gasteiger partial charge in [-0.3, -0.25) is 9.59 Å². The molecule has 6 nitrogen and oxygen atoms in total. The lowest BCUT2D eigenvalue weighted by molar-refractivity contribution is -0.147. The van der Waals surface area contributed by atoms with Crippen molar-refractivity contribution in [3.63, 3.8) is 0 Å². The molecule has 0 aromatic heterocycles. The Morgan fingerprint density at radius 2 is 1.90 bits per heavy atom. The van der Waals surface area contributed by atoms with Crippen molar-refractivity contribution in [2.24, 2.45) is 0 Å². The van der Waals surface area contributed by atoms with Gasteiger partial charge in [0.2, 0.25) is 11.8 Å². The van der Waals surface area contributed by atoms with Crippen LogP contribution in [0, 0.1) is 12.7 Å². The number of rotatable bonds is 5. The third kappa shape index (κ3) is 4.10. The highest BCUT2D eigenvalue weighted by atomic mass is 19.1. The van der Waals surface area contributed by atoms with Gasteiger partial charge in [-0.1, -0.05) is 24.3 Å². The molecule has 2 saturated heterocycles. The Hall–Kier alpha value is -2.93. The van der Waals surface area contributed by atoms with E-state index in [1.807, 2.05) is 6.07 Å². The number of phenolic OH excluding ortho intramolecular Hbond substituents is 1. The molecule has 0 aliphatic carbocycles. The largest absolute Gasteiger partial charge is 0.508 e. The maximum atomic E-state index is 13.7. The topological polar surface area (TPSA) is 81.7 Å². The molecule has 2 aliphatic rings. The van der Waals surface area contributed by atoms with Crippen LogP contribution in [0.1, 0.15) is 23.1 Å². The maximum Gasteiger partial charge on any atom is 0.246 e. The number of hydrogen-bond acceptors (Lipinski definition) is 4. The van der Waals surface area contributed by atoms with Gasteiger partial charge in [0.1, 0.15) is 23.7 Å². The number of carbonyl (C=O) groups excluding carboxylic acids is 2. The summed E-state index contributed by atoms with van der Waals surface area (Å²) in [6.07, 6.45) is 0.923. The number of halogens is 1. The van der Waals surface area contributed by atoms with Crippen molar-refractivity contribution in [2.45, 2.75) is 44.4 Å². The molecule has 3 atom stereocenters. The van der Waals surface area contributed by atoms with Gasteiger partial charge in [-0.05, 0) is 48.2 Å². The van der Waals surface area contributed by atoms with E-state index in [1.54, 1.807) is 42.2 Å². The number of benzene rings is 2. The number of piperazine rings is 1. The molecule has 7 heteroatoms. The Bertz CT molecular complexity index is 931. The lowest BCUT2D eigenvalue weighted by Gasteiger charge is -2.34. The summed E-state index contributed by atoms with van der Waals surface area (Å²) in [7, 11) is 0. The van der Waals surface area contributed by atoms with Gasteiger partial charge in [-0.15, -0.1) is 0 Å². The first kappa shape index (κ1) is 19.4. The van der Waals surface area contributed by atoms with Gasteiger partial charge >= 0.3 is 0 Å². The molecule has 0 bridgehead atoms. The molecule has 2 aromatic carbocycles. The number of phenols is 1. The fourth-order valence-electron chi connectivity index (χ4n) is 4.02. The van der Waals surface area contributed by atoms with E-state index >= 15 is 0 Å². The Morgan fingerprint density at radius 1 is 1.17 bits per heavy atom. The fraction of sp³-hybridized carbons (Fsp3) is 0.364. The molecular formula is C22H24FN3O3. The zero-order chi connectivity index (χ0) is 20.5. The van der Waals surface area contributed by atoms with Crippen LogP contribution in [0.25, 0.3) is 0 Å². The smallest absolute Gasteiger partial charge is 0.246 e. The second kappa shape index (κ2) is 7.83. The molecule has 0 saturated carbocycles. The molecule has 2 aromatic rings. The van der Waals surface area contributed by atoms with Crippen LogP contribution in [0.5, 0.6) is 5.75 Å². The fourth-order valence-corrected chi connectivity index (χ4v) is 4.02. The standard InChI is InChI=1S/C22H24FN3O3/c1-13-2-3-15(8-18(13)23)11-24-16-10-20-21(28)25-19(22(29)26(20)12-16)9-14-4-6-17(27)7-5-14/h2-8,16,19-20,24,27H,9-12H2,1H3,(H,25,28)/t16-,19-,20-/m0/s1. The molecule has 2 aliphatic heterocycles. The van der Waals surface area contributed by atoms with Gasteiger partial charge in [0.05, 0.1) is 0 Å². The summed E-state index contributed by atoms with van der Waals surface area (Å²) in [5, 5.41) is 15.6. The van der Waals surface area contributed by atoms with Crippen LogP contribution in [0.4, 0.5) is 4.39 Å². The highest BCUT2D eigenvalue weighted by Crippen LogP contribution is 2.24. The van der Waals surface area contributed by atoms with Crippen molar-refractivity contribution in [1.29, 1.82) is 0 Å². The monoisotopic (exact) mass is 397 g/mol. The van der Waals surface area contributed by atoms with Crippen LogP contribution in [-0.4, -0.2) is 46.5 Å². The van der Waals surface area contributed by atoms with E-state index in [0.717, 1.165) is 11.1 Å². The number of nitrogens with one attached hydrogen (secondary N) is 2. The van der Waals surface area contributed by atoms with Gasteiger partial charge in [0.15, 0.2) is 0 Å². The SMILES string of the molecule is Cc1ccc(CN[C@H]2C[C@H]3C(=O)N[C@@H](Cc4ccc(O)cc4)C(=O)N3C2)cc1F. The van der Waals surface area contributed by atoms with E-state index in [-0.39, 0.29) is 29.4 Å². The van der Waals surface area contributed by atoms with Gasteiger partial charge in [-0.25, -0.2) is 4.39 Å². The van der Waals surface area contributed by atoms with E-state index in [0.29, 0.717) is 31.5 Å². The lowest BCUT2D eigenvalue weighted by atomic mass is 10.0. The molecule has 4 rings (SSSR count). The molecule has 152 valence electrons. The molecule has 29 heavy (non-hydrogen) atoms. The van der Waals surface area contributed by atoms with E-state index in [4.69, 9.17) is 0 Å².